The van der Waals surface area contributed by atoms with Crippen LogP contribution in [-0.2, 0) is 11.2 Å². The molecule has 20 heavy (non-hydrogen) atoms. The average molecular weight is 289 g/mol. The fourth-order valence-electron chi connectivity index (χ4n) is 1.57. The standard InChI is InChI=1S/C15H13ClN2O2/c16-13-5-1-11(2-6-13)9-15(20)18-17-10-12-3-7-14(19)8-4-12/h1-8,10,19H,9H2,(H,18,20)/b17-10-. The number of carbonyl (C=O) groups is 1. The first kappa shape index (κ1) is 14.1. The molecule has 5 heteroatoms. The Morgan fingerprint density at radius 1 is 1.15 bits per heavy atom. The minimum Gasteiger partial charge on any atom is -0.508 e. The number of phenols is 1. The van der Waals surface area contributed by atoms with Crippen LogP contribution in [0.1, 0.15) is 11.1 Å². The molecule has 0 aliphatic carbocycles. The molecule has 1 amide bonds. The van der Waals surface area contributed by atoms with Crippen molar-refractivity contribution in [3.63, 3.8) is 0 Å². The fourth-order valence-corrected chi connectivity index (χ4v) is 1.69. The zero-order chi connectivity index (χ0) is 14.4. The molecule has 0 aromatic heterocycles. The molecule has 2 aromatic carbocycles. The second kappa shape index (κ2) is 6.73. The summed E-state index contributed by atoms with van der Waals surface area (Å²) in [7, 11) is 0. The molecule has 0 saturated heterocycles. The minimum absolute atomic E-state index is 0.189. The van der Waals surface area contributed by atoms with Gasteiger partial charge in [0.05, 0.1) is 12.6 Å². The molecule has 4 nitrogen and oxygen atoms in total. The maximum Gasteiger partial charge on any atom is 0.244 e. The average Bonchev–Trinajstić information content (AvgIpc) is 2.44. The molecule has 2 N–H and O–H groups in total. The van der Waals surface area contributed by atoms with E-state index in [0.29, 0.717) is 5.02 Å². The molecule has 102 valence electrons. The van der Waals surface area contributed by atoms with Crippen LogP contribution in [0, 0.1) is 0 Å². The summed E-state index contributed by atoms with van der Waals surface area (Å²) in [5, 5.41) is 13.6. The highest BCUT2D eigenvalue weighted by Crippen LogP contribution is 2.10. The number of hydrazone groups is 1. The van der Waals surface area contributed by atoms with E-state index in [9.17, 15) is 4.79 Å². The number of aromatic hydroxyl groups is 1. The lowest BCUT2D eigenvalue weighted by Gasteiger charge is -2.00. The minimum atomic E-state index is -0.206. The third kappa shape index (κ3) is 4.40. The van der Waals surface area contributed by atoms with E-state index in [1.54, 1.807) is 48.5 Å². The Kier molecular flexibility index (Phi) is 4.74. The van der Waals surface area contributed by atoms with Crippen LogP contribution in [0.25, 0.3) is 0 Å². The number of carbonyl (C=O) groups excluding carboxylic acids is 1. The molecule has 0 radical (unpaired) electrons. The maximum absolute atomic E-state index is 11.6. The van der Waals surface area contributed by atoms with Crippen LogP contribution in [0.4, 0.5) is 0 Å². The predicted molar refractivity (Wildman–Crippen MR) is 79.0 cm³/mol. The molecule has 0 spiro atoms. The number of amides is 1. The molecule has 0 bridgehead atoms. The van der Waals surface area contributed by atoms with E-state index >= 15 is 0 Å². The third-order valence-corrected chi connectivity index (χ3v) is 2.83. The summed E-state index contributed by atoms with van der Waals surface area (Å²) >= 11 is 5.77. The first-order valence-electron chi connectivity index (χ1n) is 5.99. The van der Waals surface area contributed by atoms with Crippen molar-refractivity contribution in [3.05, 3.63) is 64.7 Å². The van der Waals surface area contributed by atoms with Crippen molar-refractivity contribution >= 4 is 23.7 Å². The van der Waals surface area contributed by atoms with E-state index in [4.69, 9.17) is 16.7 Å². The van der Waals surface area contributed by atoms with Gasteiger partial charge in [0.25, 0.3) is 0 Å². The first-order valence-corrected chi connectivity index (χ1v) is 6.36. The first-order chi connectivity index (χ1) is 9.63. The highest BCUT2D eigenvalue weighted by Gasteiger charge is 2.01. The van der Waals surface area contributed by atoms with Gasteiger partial charge in [-0.1, -0.05) is 23.7 Å². The Hall–Kier alpha value is -2.33. The van der Waals surface area contributed by atoms with E-state index < -0.39 is 0 Å². The SMILES string of the molecule is O=C(Cc1ccc(Cl)cc1)N/N=C\c1ccc(O)cc1. The van der Waals surface area contributed by atoms with E-state index in [1.807, 2.05) is 0 Å². The van der Waals surface area contributed by atoms with Gasteiger partial charge in [0.15, 0.2) is 0 Å². The predicted octanol–water partition coefficient (Wildman–Crippen LogP) is 2.74. The zero-order valence-corrected chi connectivity index (χ0v) is 11.3. The molecule has 0 unspecified atom stereocenters. The van der Waals surface area contributed by atoms with Crippen LogP contribution in [0.2, 0.25) is 5.02 Å². The normalized spacial score (nSPS) is 10.7. The van der Waals surface area contributed by atoms with Gasteiger partial charge in [0.1, 0.15) is 5.75 Å². The van der Waals surface area contributed by atoms with Gasteiger partial charge in [-0.25, -0.2) is 5.43 Å². The molecular weight excluding hydrogens is 276 g/mol. The van der Waals surface area contributed by atoms with Crippen LogP contribution in [0.15, 0.2) is 53.6 Å². The van der Waals surface area contributed by atoms with Crippen LogP contribution >= 0.6 is 11.6 Å². The van der Waals surface area contributed by atoms with Gasteiger partial charge in [-0.15, -0.1) is 0 Å². The molecule has 0 aliphatic rings. The van der Waals surface area contributed by atoms with Crippen LogP contribution in [-0.4, -0.2) is 17.2 Å². The fraction of sp³-hybridized carbons (Fsp3) is 0.0667. The van der Waals surface area contributed by atoms with Crippen molar-refractivity contribution in [2.24, 2.45) is 5.10 Å². The maximum atomic E-state index is 11.6. The number of hydrogen-bond acceptors (Lipinski definition) is 3. The lowest BCUT2D eigenvalue weighted by atomic mass is 10.1. The summed E-state index contributed by atoms with van der Waals surface area (Å²) in [6, 6.07) is 13.6. The van der Waals surface area contributed by atoms with Gasteiger partial charge >= 0.3 is 0 Å². The number of rotatable bonds is 4. The largest absolute Gasteiger partial charge is 0.508 e. The molecule has 0 heterocycles. The number of benzene rings is 2. The van der Waals surface area contributed by atoms with Crippen molar-refractivity contribution in [1.29, 1.82) is 0 Å². The van der Waals surface area contributed by atoms with Crippen molar-refractivity contribution in [2.75, 3.05) is 0 Å². The molecule has 0 aliphatic heterocycles. The number of phenolic OH excluding ortho intramolecular Hbond substituents is 1. The van der Waals surface area contributed by atoms with Gasteiger partial charge in [-0.2, -0.15) is 5.10 Å². The monoisotopic (exact) mass is 288 g/mol. The lowest BCUT2D eigenvalue weighted by Crippen LogP contribution is -2.19. The number of nitrogens with one attached hydrogen (secondary N) is 1. The summed E-state index contributed by atoms with van der Waals surface area (Å²) in [5.41, 5.74) is 4.10. The second-order valence-electron chi connectivity index (χ2n) is 4.19. The molecular formula is C15H13ClN2O2. The quantitative estimate of drug-likeness (QED) is 0.671. The van der Waals surface area contributed by atoms with Crippen LogP contribution < -0.4 is 5.43 Å². The highest BCUT2D eigenvalue weighted by molar-refractivity contribution is 6.30. The topological polar surface area (TPSA) is 61.7 Å². The summed E-state index contributed by atoms with van der Waals surface area (Å²) in [6.45, 7) is 0. The zero-order valence-electron chi connectivity index (χ0n) is 10.6. The second-order valence-corrected chi connectivity index (χ2v) is 4.62. The van der Waals surface area contributed by atoms with E-state index in [1.165, 1.54) is 6.21 Å². The molecule has 2 aromatic rings. The van der Waals surface area contributed by atoms with E-state index in [0.717, 1.165) is 11.1 Å². The summed E-state index contributed by atoms with van der Waals surface area (Å²) in [6.07, 6.45) is 1.75. The van der Waals surface area contributed by atoms with Gasteiger partial charge in [-0.3, -0.25) is 4.79 Å². The molecule has 0 saturated carbocycles. The number of nitrogens with zero attached hydrogens (tertiary/aromatic N) is 1. The van der Waals surface area contributed by atoms with Crippen LogP contribution in [0.3, 0.4) is 0 Å². The molecule has 0 fully saturated rings. The summed E-state index contributed by atoms with van der Waals surface area (Å²) < 4.78 is 0. The van der Waals surface area contributed by atoms with Crippen molar-refractivity contribution in [3.8, 4) is 5.75 Å². The van der Waals surface area contributed by atoms with E-state index in [-0.39, 0.29) is 18.1 Å². The highest BCUT2D eigenvalue weighted by atomic mass is 35.5. The smallest absolute Gasteiger partial charge is 0.244 e. The Balaban J connectivity index is 1.85. The van der Waals surface area contributed by atoms with Crippen molar-refractivity contribution < 1.29 is 9.90 Å². The summed E-state index contributed by atoms with van der Waals surface area (Å²) in [4.78, 5) is 11.6. The Morgan fingerprint density at radius 2 is 1.80 bits per heavy atom. The van der Waals surface area contributed by atoms with Crippen molar-refractivity contribution in [1.82, 2.24) is 5.43 Å². The number of hydrogen-bond donors (Lipinski definition) is 2. The third-order valence-electron chi connectivity index (χ3n) is 2.57. The molecule has 0 atom stereocenters. The van der Waals surface area contributed by atoms with Gasteiger partial charge in [0, 0.05) is 5.02 Å². The lowest BCUT2D eigenvalue weighted by molar-refractivity contribution is -0.120. The van der Waals surface area contributed by atoms with E-state index in [2.05, 4.69) is 10.5 Å². The van der Waals surface area contributed by atoms with Crippen molar-refractivity contribution in [2.45, 2.75) is 6.42 Å². The Bertz CT molecular complexity index is 607. The molecule has 2 rings (SSSR count). The van der Waals surface area contributed by atoms with Gasteiger partial charge in [0.2, 0.25) is 5.91 Å². The number of halogens is 1. The Labute approximate surface area is 121 Å². The van der Waals surface area contributed by atoms with Gasteiger partial charge in [-0.05, 0) is 47.5 Å². The van der Waals surface area contributed by atoms with Crippen LogP contribution in [0.5, 0.6) is 5.75 Å². The van der Waals surface area contributed by atoms with Gasteiger partial charge < -0.3 is 5.11 Å². The summed E-state index contributed by atoms with van der Waals surface area (Å²) in [5.74, 6) is -0.0173. The Morgan fingerprint density at radius 3 is 2.45 bits per heavy atom.